The van der Waals surface area contributed by atoms with Crippen molar-refractivity contribution in [2.75, 3.05) is 24.2 Å². The number of benzene rings is 3. The number of rotatable bonds is 6. The van der Waals surface area contributed by atoms with E-state index in [1.54, 1.807) is 0 Å². The predicted molar refractivity (Wildman–Crippen MR) is 123 cm³/mol. The molecule has 3 N–H and O–H groups in total. The lowest BCUT2D eigenvalue weighted by Crippen LogP contribution is -3.14. The number of nitrogens with one attached hydrogen (secondary N) is 3. The van der Waals surface area contributed by atoms with Gasteiger partial charge in [0.25, 0.3) is 11.8 Å². The van der Waals surface area contributed by atoms with Crippen molar-refractivity contribution in [1.29, 1.82) is 0 Å². The van der Waals surface area contributed by atoms with E-state index in [4.69, 9.17) is 0 Å². The van der Waals surface area contributed by atoms with Crippen molar-refractivity contribution in [3.8, 4) is 0 Å². The van der Waals surface area contributed by atoms with Gasteiger partial charge in [0.15, 0.2) is 12.6 Å². The highest BCUT2D eigenvalue weighted by atomic mass is 16.2. The van der Waals surface area contributed by atoms with Gasteiger partial charge in [0.1, 0.15) is 0 Å². The molecule has 156 valence electrons. The Hall–Kier alpha value is -3.18. The van der Waals surface area contributed by atoms with Crippen molar-refractivity contribution in [3.63, 3.8) is 0 Å². The highest BCUT2D eigenvalue weighted by molar-refractivity contribution is 6.02. The van der Waals surface area contributed by atoms with Gasteiger partial charge in [-0.25, -0.2) is 0 Å². The summed E-state index contributed by atoms with van der Waals surface area (Å²) < 4.78 is 0. The molecule has 0 radical (unpaired) electrons. The van der Waals surface area contributed by atoms with Crippen LogP contribution in [-0.2, 0) is 9.59 Å². The number of hydrogen-bond donors (Lipinski definition) is 3. The Morgan fingerprint density at radius 3 is 2.27 bits per heavy atom. The molecule has 0 bridgehead atoms. The van der Waals surface area contributed by atoms with Crippen molar-refractivity contribution in [2.24, 2.45) is 0 Å². The minimum atomic E-state index is -0.372. The molecular weight excluding hydrogens is 374 g/mol. The molecule has 0 saturated carbocycles. The number of quaternary nitrogens is 1. The summed E-state index contributed by atoms with van der Waals surface area (Å²) in [7, 11) is 1.86. The molecule has 5 nitrogen and oxygen atoms in total. The van der Waals surface area contributed by atoms with Gasteiger partial charge >= 0.3 is 0 Å². The maximum Gasteiger partial charge on any atom is 0.282 e. The van der Waals surface area contributed by atoms with Gasteiger partial charge in [-0.05, 0) is 50.3 Å². The van der Waals surface area contributed by atoms with Crippen molar-refractivity contribution in [1.82, 2.24) is 0 Å². The van der Waals surface area contributed by atoms with Crippen LogP contribution < -0.4 is 15.5 Å². The van der Waals surface area contributed by atoms with Gasteiger partial charge in [0, 0.05) is 16.8 Å². The molecule has 0 aromatic heterocycles. The lowest BCUT2D eigenvalue weighted by atomic mass is 10.0. The van der Waals surface area contributed by atoms with E-state index in [2.05, 4.69) is 22.8 Å². The third-order valence-corrected chi connectivity index (χ3v) is 5.56. The second-order valence-electron chi connectivity index (χ2n) is 8.08. The summed E-state index contributed by atoms with van der Waals surface area (Å²) in [6.45, 7) is 8.07. The molecule has 0 aliphatic rings. The summed E-state index contributed by atoms with van der Waals surface area (Å²) in [6.07, 6.45) is 0. The molecule has 3 aromatic carbocycles. The van der Waals surface area contributed by atoms with Crippen molar-refractivity contribution in [2.45, 2.75) is 33.7 Å². The maximum atomic E-state index is 12.8. The van der Waals surface area contributed by atoms with Crippen LogP contribution >= 0.6 is 0 Å². The third-order valence-electron chi connectivity index (χ3n) is 5.56. The van der Waals surface area contributed by atoms with Crippen LogP contribution in [0.5, 0.6) is 0 Å². The molecule has 2 amide bonds. The number of amides is 2. The number of likely N-dealkylation sites (N-methyl/N-ethyl adjacent to an activating group) is 1. The van der Waals surface area contributed by atoms with E-state index in [1.807, 2.05) is 77.2 Å². The first-order valence-corrected chi connectivity index (χ1v) is 10.2. The summed E-state index contributed by atoms with van der Waals surface area (Å²) >= 11 is 0. The molecule has 0 aliphatic heterocycles. The fourth-order valence-corrected chi connectivity index (χ4v) is 3.77. The lowest BCUT2D eigenvalue weighted by Gasteiger charge is -2.22. The Kier molecular flexibility index (Phi) is 6.53. The number of fused-ring (bicyclic) bond motifs is 1. The number of carbonyl (C=O) groups excluding carboxylic acids is 2. The molecule has 3 aromatic rings. The van der Waals surface area contributed by atoms with Crippen molar-refractivity contribution in [3.05, 3.63) is 71.3 Å². The van der Waals surface area contributed by atoms with Gasteiger partial charge < -0.3 is 15.5 Å². The van der Waals surface area contributed by atoms with E-state index in [9.17, 15) is 9.59 Å². The molecule has 3 rings (SSSR count). The van der Waals surface area contributed by atoms with Crippen LogP contribution in [0.25, 0.3) is 10.8 Å². The maximum absolute atomic E-state index is 12.8. The Bertz CT molecular complexity index is 1060. The third kappa shape index (κ3) is 4.86. The first kappa shape index (κ1) is 21.5. The lowest BCUT2D eigenvalue weighted by molar-refractivity contribution is -0.885. The van der Waals surface area contributed by atoms with E-state index in [-0.39, 0.29) is 24.4 Å². The molecule has 0 saturated heterocycles. The Labute approximate surface area is 178 Å². The van der Waals surface area contributed by atoms with Crippen LogP contribution in [0.2, 0.25) is 0 Å². The first-order chi connectivity index (χ1) is 14.3. The zero-order valence-corrected chi connectivity index (χ0v) is 18.3. The second kappa shape index (κ2) is 9.09. The summed E-state index contributed by atoms with van der Waals surface area (Å²) in [4.78, 5) is 26.3. The molecular formula is C25H30N3O2+. The topological polar surface area (TPSA) is 62.6 Å². The summed E-state index contributed by atoms with van der Waals surface area (Å²) in [5.74, 6) is -0.216. The Morgan fingerprint density at radius 1 is 0.933 bits per heavy atom. The van der Waals surface area contributed by atoms with Gasteiger partial charge in [-0.2, -0.15) is 0 Å². The van der Waals surface area contributed by atoms with Gasteiger partial charge in [0.05, 0.1) is 7.05 Å². The largest absolute Gasteiger partial charge is 0.321 e. The molecule has 30 heavy (non-hydrogen) atoms. The molecule has 0 spiro atoms. The molecule has 2 atom stereocenters. The average molecular weight is 405 g/mol. The van der Waals surface area contributed by atoms with E-state index in [0.717, 1.165) is 38.2 Å². The van der Waals surface area contributed by atoms with Gasteiger partial charge in [-0.1, -0.05) is 54.1 Å². The smallest absolute Gasteiger partial charge is 0.282 e. The van der Waals surface area contributed by atoms with Gasteiger partial charge in [0.2, 0.25) is 0 Å². The molecule has 5 heteroatoms. The minimum absolute atomic E-state index is 0.0967. The van der Waals surface area contributed by atoms with E-state index < -0.39 is 0 Å². The van der Waals surface area contributed by atoms with Crippen LogP contribution in [0.1, 0.15) is 23.6 Å². The molecule has 0 aliphatic carbocycles. The van der Waals surface area contributed by atoms with Crippen molar-refractivity contribution < 1.29 is 14.5 Å². The molecule has 1 unspecified atom stereocenters. The van der Waals surface area contributed by atoms with E-state index >= 15 is 0 Å². The van der Waals surface area contributed by atoms with Crippen LogP contribution in [0.3, 0.4) is 0 Å². The number of carbonyl (C=O) groups is 2. The van der Waals surface area contributed by atoms with Gasteiger partial charge in [-0.15, -0.1) is 0 Å². The fraction of sp³-hybridized carbons (Fsp3) is 0.280. The highest BCUT2D eigenvalue weighted by Gasteiger charge is 2.25. The standard InChI is InChI=1S/C25H29N3O2/c1-16-13-17(2)24(18(3)14-16)27-25(30)19(4)28(5)15-23(29)26-22-12-8-10-20-9-6-7-11-21(20)22/h6-14,19H,15H2,1-5H3,(H,26,29)(H,27,30)/p+1/t19-/m1/s1. The summed E-state index contributed by atoms with van der Waals surface area (Å²) in [6, 6.07) is 17.5. The Balaban J connectivity index is 1.64. The zero-order chi connectivity index (χ0) is 21.8. The van der Waals surface area contributed by atoms with Crippen molar-refractivity contribution >= 4 is 34.0 Å². The normalized spacial score (nSPS) is 13.0. The first-order valence-electron chi connectivity index (χ1n) is 10.2. The predicted octanol–water partition coefficient (Wildman–Crippen LogP) is 3.25. The second-order valence-corrected chi connectivity index (χ2v) is 8.08. The van der Waals surface area contributed by atoms with Crippen LogP contribution in [0, 0.1) is 20.8 Å². The van der Waals surface area contributed by atoms with Gasteiger partial charge in [-0.3, -0.25) is 9.59 Å². The fourth-order valence-electron chi connectivity index (χ4n) is 3.77. The van der Waals surface area contributed by atoms with E-state index in [1.165, 1.54) is 5.56 Å². The summed E-state index contributed by atoms with van der Waals surface area (Å²) in [5, 5.41) is 8.11. The summed E-state index contributed by atoms with van der Waals surface area (Å²) in [5.41, 5.74) is 4.89. The monoisotopic (exact) mass is 404 g/mol. The number of hydrogen-bond acceptors (Lipinski definition) is 2. The van der Waals surface area contributed by atoms with Crippen LogP contribution in [0.4, 0.5) is 11.4 Å². The number of aryl methyl sites for hydroxylation is 3. The molecule has 0 fully saturated rings. The minimum Gasteiger partial charge on any atom is -0.321 e. The van der Waals surface area contributed by atoms with Crippen LogP contribution in [0.15, 0.2) is 54.6 Å². The molecule has 0 heterocycles. The number of anilines is 2. The quantitative estimate of drug-likeness (QED) is 0.591. The highest BCUT2D eigenvalue weighted by Crippen LogP contribution is 2.23. The zero-order valence-electron chi connectivity index (χ0n) is 18.3. The van der Waals surface area contributed by atoms with Crippen LogP contribution in [-0.4, -0.2) is 31.4 Å². The average Bonchev–Trinajstić information content (AvgIpc) is 2.70. The Morgan fingerprint density at radius 2 is 1.57 bits per heavy atom. The SMILES string of the molecule is Cc1cc(C)c(NC(=O)[C@@H](C)[NH+](C)CC(=O)Nc2cccc3ccccc23)c(C)c1. The van der Waals surface area contributed by atoms with E-state index in [0.29, 0.717) is 0 Å².